The standard InChI is InChI=1S/C21H23N3O3S/c1-16-9-11-17(12-10-16)20-22-21(27-23-20)18-7-6-8-19(15-18)28(25,26)24-13-4-2-3-5-14-24/h6-12,15H,2-5,13-14H2,1H3. The van der Waals surface area contributed by atoms with Crippen LogP contribution in [-0.2, 0) is 10.0 Å². The van der Waals surface area contributed by atoms with Gasteiger partial charge in [0, 0.05) is 24.2 Å². The van der Waals surface area contributed by atoms with Gasteiger partial charge in [0.15, 0.2) is 0 Å². The van der Waals surface area contributed by atoms with E-state index >= 15 is 0 Å². The smallest absolute Gasteiger partial charge is 0.258 e. The van der Waals surface area contributed by atoms with E-state index in [9.17, 15) is 8.42 Å². The quantitative estimate of drug-likeness (QED) is 0.657. The third-order valence-electron chi connectivity index (χ3n) is 5.02. The molecule has 1 aliphatic rings. The number of nitrogens with zero attached hydrogens (tertiary/aromatic N) is 3. The van der Waals surface area contributed by atoms with E-state index in [2.05, 4.69) is 10.1 Å². The Balaban J connectivity index is 1.63. The number of aromatic nitrogens is 2. The lowest BCUT2D eigenvalue weighted by molar-refractivity contribution is 0.423. The van der Waals surface area contributed by atoms with Crippen LogP contribution in [0.2, 0.25) is 0 Å². The summed E-state index contributed by atoms with van der Waals surface area (Å²) < 4.78 is 33.1. The summed E-state index contributed by atoms with van der Waals surface area (Å²) in [6, 6.07) is 14.6. The van der Waals surface area contributed by atoms with E-state index in [1.54, 1.807) is 28.6 Å². The molecule has 7 heteroatoms. The van der Waals surface area contributed by atoms with Crippen molar-refractivity contribution in [2.24, 2.45) is 0 Å². The second-order valence-electron chi connectivity index (χ2n) is 7.14. The lowest BCUT2D eigenvalue weighted by atomic mass is 10.1. The summed E-state index contributed by atoms with van der Waals surface area (Å²) in [5.74, 6) is 0.791. The molecule has 3 aromatic rings. The van der Waals surface area contributed by atoms with Gasteiger partial charge in [-0.05, 0) is 38.0 Å². The number of hydrogen-bond acceptors (Lipinski definition) is 5. The van der Waals surface area contributed by atoms with Crippen molar-refractivity contribution < 1.29 is 12.9 Å². The number of hydrogen-bond donors (Lipinski definition) is 0. The maximum Gasteiger partial charge on any atom is 0.258 e. The van der Waals surface area contributed by atoms with Gasteiger partial charge in [-0.15, -0.1) is 0 Å². The van der Waals surface area contributed by atoms with Crippen LogP contribution in [0.15, 0.2) is 57.9 Å². The summed E-state index contributed by atoms with van der Waals surface area (Å²) in [5.41, 5.74) is 2.61. The second-order valence-corrected chi connectivity index (χ2v) is 9.07. The zero-order valence-electron chi connectivity index (χ0n) is 15.8. The Hall–Kier alpha value is -2.51. The second kappa shape index (κ2) is 7.85. The summed E-state index contributed by atoms with van der Waals surface area (Å²) in [6.07, 6.45) is 3.97. The predicted octanol–water partition coefficient (Wildman–Crippen LogP) is 4.28. The zero-order valence-corrected chi connectivity index (χ0v) is 16.7. The number of benzene rings is 2. The molecular weight excluding hydrogens is 374 g/mol. The van der Waals surface area contributed by atoms with Crippen molar-refractivity contribution in [3.63, 3.8) is 0 Å². The van der Waals surface area contributed by atoms with Crippen LogP contribution in [0.25, 0.3) is 22.8 Å². The van der Waals surface area contributed by atoms with Crippen molar-refractivity contribution in [3.05, 3.63) is 54.1 Å². The largest absolute Gasteiger partial charge is 0.334 e. The van der Waals surface area contributed by atoms with Crippen molar-refractivity contribution in [3.8, 4) is 22.8 Å². The van der Waals surface area contributed by atoms with Gasteiger partial charge in [0.1, 0.15) is 0 Å². The van der Waals surface area contributed by atoms with Gasteiger partial charge in [0.25, 0.3) is 5.89 Å². The topological polar surface area (TPSA) is 76.3 Å². The number of sulfonamides is 1. The fourth-order valence-electron chi connectivity index (χ4n) is 3.38. The van der Waals surface area contributed by atoms with Crippen molar-refractivity contribution in [1.29, 1.82) is 0 Å². The Bertz CT molecular complexity index is 1050. The average molecular weight is 398 g/mol. The molecule has 0 aliphatic carbocycles. The zero-order chi connectivity index (χ0) is 19.6. The lowest BCUT2D eigenvalue weighted by Gasteiger charge is -2.20. The SMILES string of the molecule is Cc1ccc(-c2noc(-c3cccc(S(=O)(=O)N4CCCCCC4)c3)n2)cc1. The molecule has 1 saturated heterocycles. The molecule has 0 atom stereocenters. The highest BCUT2D eigenvalue weighted by molar-refractivity contribution is 7.89. The minimum atomic E-state index is -3.52. The highest BCUT2D eigenvalue weighted by Crippen LogP contribution is 2.26. The first-order chi connectivity index (χ1) is 13.5. The molecule has 1 aliphatic heterocycles. The summed E-state index contributed by atoms with van der Waals surface area (Å²) in [7, 11) is -3.52. The van der Waals surface area contributed by atoms with E-state index in [1.807, 2.05) is 31.2 Å². The van der Waals surface area contributed by atoms with Crippen LogP contribution in [-0.4, -0.2) is 36.0 Å². The molecule has 2 aromatic carbocycles. The maximum atomic E-state index is 13.0. The Morgan fingerprint density at radius 1 is 0.929 bits per heavy atom. The molecule has 0 saturated carbocycles. The van der Waals surface area contributed by atoms with Crippen LogP contribution < -0.4 is 0 Å². The van der Waals surface area contributed by atoms with Crippen LogP contribution in [0.4, 0.5) is 0 Å². The Labute approximate surface area is 165 Å². The molecule has 2 heterocycles. The molecule has 1 fully saturated rings. The molecule has 0 bridgehead atoms. The van der Waals surface area contributed by atoms with Crippen LogP contribution in [0.5, 0.6) is 0 Å². The van der Waals surface area contributed by atoms with Crippen molar-refractivity contribution in [1.82, 2.24) is 14.4 Å². The van der Waals surface area contributed by atoms with E-state index in [0.717, 1.165) is 36.8 Å². The van der Waals surface area contributed by atoms with Crippen LogP contribution >= 0.6 is 0 Å². The first-order valence-electron chi connectivity index (χ1n) is 9.55. The molecular formula is C21H23N3O3S. The van der Waals surface area contributed by atoms with Crippen molar-refractivity contribution in [2.75, 3.05) is 13.1 Å². The highest BCUT2D eigenvalue weighted by Gasteiger charge is 2.25. The van der Waals surface area contributed by atoms with Gasteiger partial charge >= 0.3 is 0 Å². The minimum absolute atomic E-state index is 0.266. The van der Waals surface area contributed by atoms with E-state index in [4.69, 9.17) is 4.52 Å². The summed E-state index contributed by atoms with van der Waals surface area (Å²) in [6.45, 7) is 3.16. The molecule has 6 nitrogen and oxygen atoms in total. The molecule has 28 heavy (non-hydrogen) atoms. The third kappa shape index (κ3) is 3.86. The summed E-state index contributed by atoms with van der Waals surface area (Å²) >= 11 is 0. The molecule has 146 valence electrons. The third-order valence-corrected chi connectivity index (χ3v) is 6.91. The molecule has 0 spiro atoms. The minimum Gasteiger partial charge on any atom is -0.334 e. The fourth-order valence-corrected chi connectivity index (χ4v) is 4.94. The van der Waals surface area contributed by atoms with Crippen molar-refractivity contribution in [2.45, 2.75) is 37.5 Å². The van der Waals surface area contributed by atoms with E-state index in [-0.39, 0.29) is 4.90 Å². The van der Waals surface area contributed by atoms with Crippen LogP contribution in [0, 0.1) is 6.92 Å². The maximum absolute atomic E-state index is 13.0. The summed E-state index contributed by atoms with van der Waals surface area (Å²) in [5, 5.41) is 4.04. The van der Waals surface area contributed by atoms with Crippen LogP contribution in [0.3, 0.4) is 0 Å². The lowest BCUT2D eigenvalue weighted by Crippen LogP contribution is -2.31. The van der Waals surface area contributed by atoms with E-state index < -0.39 is 10.0 Å². The average Bonchev–Trinajstić information content (AvgIpc) is 3.03. The predicted molar refractivity (Wildman–Crippen MR) is 107 cm³/mol. The molecule has 0 amide bonds. The van der Waals surface area contributed by atoms with E-state index in [1.165, 1.54) is 0 Å². The molecule has 4 rings (SSSR count). The first-order valence-corrected chi connectivity index (χ1v) is 11.0. The Morgan fingerprint density at radius 3 is 2.36 bits per heavy atom. The van der Waals surface area contributed by atoms with Crippen molar-refractivity contribution >= 4 is 10.0 Å². The van der Waals surface area contributed by atoms with E-state index in [0.29, 0.717) is 30.4 Å². The molecule has 0 unspecified atom stereocenters. The Kier molecular flexibility index (Phi) is 5.28. The fraction of sp³-hybridized carbons (Fsp3) is 0.333. The van der Waals surface area contributed by atoms with Gasteiger partial charge in [-0.3, -0.25) is 0 Å². The van der Waals surface area contributed by atoms with Gasteiger partial charge in [-0.2, -0.15) is 9.29 Å². The van der Waals surface area contributed by atoms with Gasteiger partial charge < -0.3 is 4.52 Å². The first kappa shape index (κ1) is 18.8. The monoisotopic (exact) mass is 397 g/mol. The molecule has 0 N–H and O–H groups in total. The van der Waals surface area contributed by atoms with Gasteiger partial charge in [0.05, 0.1) is 4.90 Å². The molecule has 1 aromatic heterocycles. The number of rotatable bonds is 4. The Morgan fingerprint density at radius 2 is 1.64 bits per heavy atom. The van der Waals surface area contributed by atoms with Gasteiger partial charge in [-0.25, -0.2) is 8.42 Å². The van der Waals surface area contributed by atoms with Crippen LogP contribution in [0.1, 0.15) is 31.2 Å². The van der Waals surface area contributed by atoms with Gasteiger partial charge in [-0.1, -0.05) is 53.9 Å². The number of aryl methyl sites for hydroxylation is 1. The summed E-state index contributed by atoms with van der Waals surface area (Å²) in [4.78, 5) is 4.71. The van der Waals surface area contributed by atoms with Gasteiger partial charge in [0.2, 0.25) is 15.8 Å². The molecule has 0 radical (unpaired) electrons. The highest BCUT2D eigenvalue weighted by atomic mass is 32.2. The normalized spacial score (nSPS) is 16.0.